The minimum absolute atomic E-state index is 0.00622. The van der Waals surface area contributed by atoms with Gasteiger partial charge in [-0.1, -0.05) is 18.2 Å². The second-order valence-electron chi connectivity index (χ2n) is 3.49. The van der Waals surface area contributed by atoms with E-state index < -0.39 is 16.1 Å². The molecule has 0 spiro atoms. The number of nitrogens with zero attached hydrogens (tertiary/aromatic N) is 1. The molecule has 1 atom stereocenters. The van der Waals surface area contributed by atoms with Gasteiger partial charge in [0.1, 0.15) is 0 Å². The van der Waals surface area contributed by atoms with E-state index >= 15 is 0 Å². The molecule has 1 aromatic rings. The van der Waals surface area contributed by atoms with Gasteiger partial charge in [0, 0.05) is 20.1 Å². The van der Waals surface area contributed by atoms with E-state index in [4.69, 9.17) is 5.73 Å². The molecule has 3 N–H and O–H groups in total. The summed E-state index contributed by atoms with van der Waals surface area (Å²) in [5, 5.41) is 9.31. The predicted octanol–water partition coefficient (Wildman–Crippen LogP) is -0.373. The lowest BCUT2D eigenvalue weighted by Crippen LogP contribution is -2.37. The van der Waals surface area contributed by atoms with Crippen LogP contribution in [-0.2, 0) is 10.0 Å². The summed E-state index contributed by atoms with van der Waals surface area (Å²) in [5.74, 6) is 0. The van der Waals surface area contributed by atoms with Gasteiger partial charge in [0.05, 0.1) is 11.0 Å². The van der Waals surface area contributed by atoms with Crippen LogP contribution in [0, 0.1) is 0 Å². The van der Waals surface area contributed by atoms with Crippen LogP contribution >= 0.6 is 0 Å². The Balaban J connectivity index is 2.87. The largest absolute Gasteiger partial charge is 0.390 e. The molecular weight excluding hydrogens is 228 g/mol. The lowest BCUT2D eigenvalue weighted by atomic mass is 10.4. The van der Waals surface area contributed by atoms with Crippen molar-refractivity contribution in [1.82, 2.24) is 4.31 Å². The predicted molar refractivity (Wildman–Crippen MR) is 61.3 cm³/mol. The zero-order chi connectivity index (χ0) is 12.2. The van der Waals surface area contributed by atoms with E-state index in [1.807, 2.05) is 0 Å². The lowest BCUT2D eigenvalue weighted by Gasteiger charge is -2.19. The van der Waals surface area contributed by atoms with Crippen molar-refractivity contribution in [2.45, 2.75) is 11.0 Å². The van der Waals surface area contributed by atoms with Gasteiger partial charge in [-0.3, -0.25) is 0 Å². The summed E-state index contributed by atoms with van der Waals surface area (Å²) in [6.07, 6.45) is -0.844. The minimum atomic E-state index is -3.53. The van der Waals surface area contributed by atoms with Crippen molar-refractivity contribution in [1.29, 1.82) is 0 Å². The Morgan fingerprint density at radius 1 is 1.38 bits per heavy atom. The van der Waals surface area contributed by atoms with Crippen LogP contribution in [0.1, 0.15) is 0 Å². The Morgan fingerprint density at radius 3 is 2.44 bits per heavy atom. The van der Waals surface area contributed by atoms with Crippen molar-refractivity contribution in [3.05, 3.63) is 30.3 Å². The summed E-state index contributed by atoms with van der Waals surface area (Å²) in [7, 11) is -2.11. The molecule has 1 aromatic carbocycles. The average molecular weight is 244 g/mol. The molecule has 0 aliphatic heterocycles. The standard InChI is InChI=1S/C10H16N2O3S/c1-12(8-9(13)7-11)16(14,15)10-5-3-2-4-6-10/h2-6,9,13H,7-8,11H2,1H3/t9-/m1/s1. The maximum Gasteiger partial charge on any atom is 0.242 e. The van der Waals surface area contributed by atoms with E-state index in [1.165, 1.54) is 19.2 Å². The third kappa shape index (κ3) is 3.02. The number of rotatable bonds is 5. The molecule has 0 aliphatic rings. The topological polar surface area (TPSA) is 83.6 Å². The molecule has 1 rings (SSSR count). The molecule has 0 saturated carbocycles. The summed E-state index contributed by atoms with van der Waals surface area (Å²) in [6.45, 7) is 0.0301. The van der Waals surface area contributed by atoms with E-state index in [0.717, 1.165) is 4.31 Å². The van der Waals surface area contributed by atoms with Crippen molar-refractivity contribution < 1.29 is 13.5 Å². The molecule has 0 amide bonds. The Labute approximate surface area is 95.5 Å². The first-order chi connectivity index (χ1) is 7.48. The molecule has 90 valence electrons. The van der Waals surface area contributed by atoms with E-state index in [0.29, 0.717) is 0 Å². The highest BCUT2D eigenvalue weighted by Crippen LogP contribution is 2.13. The number of likely N-dealkylation sites (N-methyl/N-ethyl adjacent to an activating group) is 1. The summed E-state index contributed by atoms with van der Waals surface area (Å²) in [5.41, 5.74) is 5.23. The molecule has 0 saturated heterocycles. The molecule has 0 bridgehead atoms. The molecule has 0 aliphatic carbocycles. The Bertz CT molecular complexity index is 419. The SMILES string of the molecule is CN(C[C@H](O)CN)S(=O)(=O)c1ccccc1. The van der Waals surface area contributed by atoms with Gasteiger partial charge < -0.3 is 10.8 Å². The van der Waals surface area contributed by atoms with E-state index in [-0.39, 0.29) is 18.0 Å². The number of hydrogen-bond donors (Lipinski definition) is 2. The zero-order valence-corrected chi connectivity index (χ0v) is 9.89. The lowest BCUT2D eigenvalue weighted by molar-refractivity contribution is 0.160. The maximum absolute atomic E-state index is 12.0. The highest BCUT2D eigenvalue weighted by atomic mass is 32.2. The number of nitrogens with two attached hydrogens (primary N) is 1. The number of hydrogen-bond acceptors (Lipinski definition) is 4. The first-order valence-electron chi connectivity index (χ1n) is 4.88. The third-order valence-corrected chi connectivity index (χ3v) is 4.03. The summed E-state index contributed by atoms with van der Waals surface area (Å²) in [4.78, 5) is 0.210. The van der Waals surface area contributed by atoms with Crippen molar-refractivity contribution in [2.24, 2.45) is 5.73 Å². The van der Waals surface area contributed by atoms with E-state index in [9.17, 15) is 13.5 Å². The zero-order valence-electron chi connectivity index (χ0n) is 9.07. The van der Waals surface area contributed by atoms with Crippen molar-refractivity contribution in [3.8, 4) is 0 Å². The molecule has 16 heavy (non-hydrogen) atoms. The third-order valence-electron chi connectivity index (χ3n) is 2.19. The number of aliphatic hydroxyl groups is 1. The van der Waals surface area contributed by atoms with Crippen LogP contribution in [0.4, 0.5) is 0 Å². The van der Waals surface area contributed by atoms with E-state index in [2.05, 4.69) is 0 Å². The fourth-order valence-corrected chi connectivity index (χ4v) is 2.47. The molecule has 5 nitrogen and oxygen atoms in total. The molecule has 0 fully saturated rings. The van der Waals surface area contributed by atoms with Crippen LogP contribution in [0.15, 0.2) is 35.2 Å². The van der Waals surface area contributed by atoms with Crippen molar-refractivity contribution >= 4 is 10.0 Å². The Kier molecular flexibility index (Phi) is 4.43. The molecule has 0 aromatic heterocycles. The first-order valence-corrected chi connectivity index (χ1v) is 6.32. The van der Waals surface area contributed by atoms with E-state index in [1.54, 1.807) is 18.2 Å². The first kappa shape index (κ1) is 13.1. The smallest absolute Gasteiger partial charge is 0.242 e. The summed E-state index contributed by atoms with van der Waals surface area (Å²) >= 11 is 0. The normalized spacial score (nSPS) is 14.0. The number of benzene rings is 1. The van der Waals surface area contributed by atoms with Crippen LogP contribution in [0.25, 0.3) is 0 Å². The fraction of sp³-hybridized carbons (Fsp3) is 0.400. The second kappa shape index (κ2) is 5.40. The van der Waals surface area contributed by atoms with Gasteiger partial charge in [-0.2, -0.15) is 4.31 Å². The van der Waals surface area contributed by atoms with Crippen LogP contribution < -0.4 is 5.73 Å². The molecule has 6 heteroatoms. The molecular formula is C10H16N2O3S. The van der Waals surface area contributed by atoms with Gasteiger partial charge in [-0.25, -0.2) is 8.42 Å². The van der Waals surface area contributed by atoms with Crippen LogP contribution in [-0.4, -0.2) is 44.1 Å². The van der Waals surface area contributed by atoms with Crippen LogP contribution in [0.3, 0.4) is 0 Å². The van der Waals surface area contributed by atoms with Crippen LogP contribution in [0.2, 0.25) is 0 Å². The van der Waals surface area contributed by atoms with Gasteiger partial charge in [-0.05, 0) is 12.1 Å². The molecule has 0 unspecified atom stereocenters. The molecule has 0 radical (unpaired) electrons. The van der Waals surface area contributed by atoms with Gasteiger partial charge in [0.2, 0.25) is 10.0 Å². The van der Waals surface area contributed by atoms with Crippen LogP contribution in [0.5, 0.6) is 0 Å². The van der Waals surface area contributed by atoms with Crippen molar-refractivity contribution in [3.63, 3.8) is 0 Å². The highest BCUT2D eigenvalue weighted by Gasteiger charge is 2.21. The monoisotopic (exact) mass is 244 g/mol. The Hall–Kier alpha value is -0.950. The summed E-state index contributed by atoms with van der Waals surface area (Å²) < 4.78 is 25.0. The highest BCUT2D eigenvalue weighted by molar-refractivity contribution is 7.89. The second-order valence-corrected chi connectivity index (χ2v) is 5.53. The van der Waals surface area contributed by atoms with Gasteiger partial charge in [0.25, 0.3) is 0 Å². The number of sulfonamides is 1. The van der Waals surface area contributed by atoms with Gasteiger partial charge in [0.15, 0.2) is 0 Å². The van der Waals surface area contributed by atoms with Crippen molar-refractivity contribution in [2.75, 3.05) is 20.1 Å². The van der Waals surface area contributed by atoms with Gasteiger partial charge in [-0.15, -0.1) is 0 Å². The maximum atomic E-state index is 12.0. The average Bonchev–Trinajstić information content (AvgIpc) is 2.29. The number of aliphatic hydroxyl groups excluding tert-OH is 1. The Morgan fingerprint density at radius 2 is 1.94 bits per heavy atom. The summed E-state index contributed by atoms with van der Waals surface area (Å²) in [6, 6.07) is 8.08. The quantitative estimate of drug-likeness (QED) is 0.740. The molecule has 0 heterocycles. The van der Waals surface area contributed by atoms with Gasteiger partial charge >= 0.3 is 0 Å². The fourth-order valence-electron chi connectivity index (χ4n) is 1.24. The minimum Gasteiger partial charge on any atom is -0.390 e.